The molecule has 0 aliphatic rings. The Morgan fingerprint density at radius 3 is 2.37 bits per heavy atom. The van der Waals surface area contributed by atoms with Gasteiger partial charge in [-0.05, 0) is 37.6 Å². The molecule has 0 unspecified atom stereocenters. The molecule has 0 radical (unpaired) electrons. The van der Waals surface area contributed by atoms with E-state index in [1.807, 2.05) is 31.2 Å². The Morgan fingerprint density at radius 1 is 1.07 bits per heavy atom. The number of aryl methyl sites for hydroxylation is 3. The van der Waals surface area contributed by atoms with Crippen LogP contribution in [0.2, 0.25) is 0 Å². The molecule has 2 aromatic carbocycles. The summed E-state index contributed by atoms with van der Waals surface area (Å²) in [5, 5.41) is 0. The number of ether oxygens (including phenoxy) is 1. The van der Waals surface area contributed by atoms with E-state index in [2.05, 4.69) is 4.72 Å². The maximum Gasteiger partial charge on any atom is 0.328 e. The van der Waals surface area contributed by atoms with Crippen molar-refractivity contribution in [2.75, 3.05) is 6.61 Å². The van der Waals surface area contributed by atoms with E-state index in [-0.39, 0.29) is 17.1 Å². The van der Waals surface area contributed by atoms with Gasteiger partial charge in [-0.15, -0.1) is 0 Å². The van der Waals surface area contributed by atoms with Crippen molar-refractivity contribution in [3.8, 4) is 5.75 Å². The van der Waals surface area contributed by atoms with Gasteiger partial charge in [-0.25, -0.2) is 17.9 Å². The lowest BCUT2D eigenvalue weighted by Gasteiger charge is -2.13. The second kappa shape index (κ2) is 7.21. The summed E-state index contributed by atoms with van der Waals surface area (Å²) >= 11 is 0. The molecule has 0 bridgehead atoms. The molecule has 0 aliphatic heterocycles. The Labute approximate surface area is 158 Å². The highest BCUT2D eigenvalue weighted by molar-refractivity contribution is 7.89. The maximum atomic E-state index is 12.9. The fourth-order valence-electron chi connectivity index (χ4n) is 3.12. The highest BCUT2D eigenvalue weighted by atomic mass is 32.2. The Morgan fingerprint density at radius 2 is 1.70 bits per heavy atom. The van der Waals surface area contributed by atoms with Crippen molar-refractivity contribution in [2.24, 2.45) is 14.1 Å². The van der Waals surface area contributed by atoms with E-state index in [1.165, 1.54) is 9.13 Å². The van der Waals surface area contributed by atoms with Crippen LogP contribution in [0.15, 0.2) is 46.1 Å². The fraction of sp³-hybridized carbons (Fsp3) is 0.316. The van der Waals surface area contributed by atoms with Crippen molar-refractivity contribution in [2.45, 2.75) is 25.3 Å². The second-order valence-electron chi connectivity index (χ2n) is 6.37. The number of imidazole rings is 1. The minimum atomic E-state index is -3.76. The Balaban J connectivity index is 1.97. The first-order chi connectivity index (χ1) is 12.8. The van der Waals surface area contributed by atoms with Gasteiger partial charge in [-0.3, -0.25) is 9.13 Å². The molecule has 1 N–H and O–H groups in total. The van der Waals surface area contributed by atoms with Gasteiger partial charge < -0.3 is 4.74 Å². The Kier molecular flexibility index (Phi) is 5.12. The molecule has 7 nitrogen and oxygen atoms in total. The topological polar surface area (TPSA) is 82.3 Å². The van der Waals surface area contributed by atoms with Gasteiger partial charge in [0.05, 0.1) is 22.5 Å². The SMILES string of the molecule is CCOc1ccccc1CNS(=O)(=O)c1cc2c(cc1C)n(C)c(=O)n2C. The molecule has 27 heavy (non-hydrogen) atoms. The third-order valence-electron chi connectivity index (χ3n) is 4.58. The molecule has 144 valence electrons. The monoisotopic (exact) mass is 389 g/mol. The summed E-state index contributed by atoms with van der Waals surface area (Å²) in [4.78, 5) is 12.3. The molecule has 3 aromatic rings. The number of hydrogen-bond donors (Lipinski definition) is 1. The van der Waals surface area contributed by atoms with Crippen molar-refractivity contribution >= 4 is 21.1 Å². The standard InChI is InChI=1S/C19H23N3O4S/c1-5-26-17-9-7-6-8-14(17)12-20-27(24,25)18-11-16-15(10-13(18)2)21(3)19(23)22(16)4/h6-11,20H,5,12H2,1-4H3. The average molecular weight is 389 g/mol. The lowest BCUT2D eigenvalue weighted by molar-refractivity contribution is 0.336. The zero-order valence-corrected chi connectivity index (χ0v) is 16.6. The highest BCUT2D eigenvalue weighted by Gasteiger charge is 2.20. The fourth-order valence-corrected chi connectivity index (χ4v) is 4.37. The average Bonchev–Trinajstić information content (AvgIpc) is 2.84. The van der Waals surface area contributed by atoms with Gasteiger partial charge in [-0.1, -0.05) is 18.2 Å². The molecule has 0 saturated heterocycles. The van der Waals surface area contributed by atoms with Gasteiger partial charge in [0.15, 0.2) is 0 Å². The summed E-state index contributed by atoms with van der Waals surface area (Å²) in [6.07, 6.45) is 0. The van der Waals surface area contributed by atoms with Crippen molar-refractivity contribution < 1.29 is 13.2 Å². The minimum absolute atomic E-state index is 0.115. The largest absolute Gasteiger partial charge is 0.494 e. The number of nitrogens with zero attached hydrogens (tertiary/aromatic N) is 2. The summed E-state index contributed by atoms with van der Waals surface area (Å²) in [5.41, 5.74) is 2.41. The highest BCUT2D eigenvalue weighted by Crippen LogP contribution is 2.23. The van der Waals surface area contributed by atoms with E-state index in [9.17, 15) is 13.2 Å². The quantitative estimate of drug-likeness (QED) is 0.700. The van der Waals surface area contributed by atoms with Crippen LogP contribution in [0.25, 0.3) is 11.0 Å². The van der Waals surface area contributed by atoms with Crippen molar-refractivity contribution in [3.05, 3.63) is 58.0 Å². The lowest BCUT2D eigenvalue weighted by Crippen LogP contribution is -2.24. The normalized spacial score (nSPS) is 11.9. The van der Waals surface area contributed by atoms with Gasteiger partial charge >= 0.3 is 5.69 Å². The first-order valence-corrected chi connectivity index (χ1v) is 10.1. The smallest absolute Gasteiger partial charge is 0.328 e. The van der Waals surface area contributed by atoms with Gasteiger partial charge in [0, 0.05) is 26.2 Å². The van der Waals surface area contributed by atoms with Crippen LogP contribution in [0.4, 0.5) is 0 Å². The summed E-state index contributed by atoms with van der Waals surface area (Å²) in [7, 11) is -0.468. The van der Waals surface area contributed by atoms with Crippen LogP contribution >= 0.6 is 0 Å². The Hall–Kier alpha value is -2.58. The van der Waals surface area contributed by atoms with E-state index >= 15 is 0 Å². The minimum Gasteiger partial charge on any atom is -0.494 e. The maximum absolute atomic E-state index is 12.9. The Bertz CT molecular complexity index is 1160. The molecule has 8 heteroatoms. The number of sulfonamides is 1. The van der Waals surface area contributed by atoms with Gasteiger partial charge in [-0.2, -0.15) is 0 Å². The van der Waals surface area contributed by atoms with Crippen LogP contribution in [-0.4, -0.2) is 24.2 Å². The van der Waals surface area contributed by atoms with Crippen LogP contribution in [0.5, 0.6) is 5.75 Å². The van der Waals surface area contributed by atoms with Crippen molar-refractivity contribution in [1.29, 1.82) is 0 Å². The van der Waals surface area contributed by atoms with Crippen molar-refractivity contribution in [1.82, 2.24) is 13.9 Å². The predicted molar refractivity (Wildman–Crippen MR) is 105 cm³/mol. The number of nitrogens with one attached hydrogen (secondary N) is 1. The summed E-state index contributed by atoms with van der Waals surface area (Å²) in [6, 6.07) is 10.6. The van der Waals surface area contributed by atoms with Crippen molar-refractivity contribution in [3.63, 3.8) is 0 Å². The van der Waals surface area contributed by atoms with E-state index < -0.39 is 10.0 Å². The molecule has 0 atom stereocenters. The van der Waals surface area contributed by atoms with E-state index in [0.717, 1.165) is 5.56 Å². The number of benzene rings is 2. The molecular weight excluding hydrogens is 366 g/mol. The number of rotatable bonds is 6. The molecule has 0 fully saturated rings. The van der Waals surface area contributed by atoms with Gasteiger partial charge in [0.2, 0.25) is 10.0 Å². The van der Waals surface area contributed by atoms with Crippen LogP contribution in [0.1, 0.15) is 18.1 Å². The van der Waals surface area contributed by atoms with Crippen LogP contribution in [0, 0.1) is 6.92 Å². The predicted octanol–water partition coefficient (Wildman–Crippen LogP) is 2.06. The summed E-state index contributed by atoms with van der Waals surface area (Å²) < 4.78 is 36.9. The zero-order chi connectivity index (χ0) is 19.8. The van der Waals surface area contributed by atoms with Crippen LogP contribution in [-0.2, 0) is 30.7 Å². The van der Waals surface area contributed by atoms with E-state index in [1.54, 1.807) is 33.2 Å². The lowest BCUT2D eigenvalue weighted by atomic mass is 10.2. The molecule has 3 rings (SSSR count). The number of para-hydroxylation sites is 1. The number of hydrogen-bond acceptors (Lipinski definition) is 4. The molecular formula is C19H23N3O4S. The summed E-state index contributed by atoms with van der Waals surface area (Å²) in [5.74, 6) is 0.653. The number of aromatic nitrogens is 2. The van der Waals surface area contributed by atoms with E-state index in [0.29, 0.717) is 29.0 Å². The molecule has 1 heterocycles. The van der Waals surface area contributed by atoms with Crippen LogP contribution in [0.3, 0.4) is 0 Å². The summed E-state index contributed by atoms with van der Waals surface area (Å²) in [6.45, 7) is 4.22. The molecule has 0 amide bonds. The van der Waals surface area contributed by atoms with Gasteiger partial charge in [0.1, 0.15) is 5.75 Å². The molecule has 1 aromatic heterocycles. The van der Waals surface area contributed by atoms with Gasteiger partial charge in [0.25, 0.3) is 0 Å². The van der Waals surface area contributed by atoms with E-state index in [4.69, 9.17) is 4.74 Å². The molecule has 0 aliphatic carbocycles. The zero-order valence-electron chi connectivity index (χ0n) is 15.8. The number of fused-ring (bicyclic) bond motifs is 1. The van der Waals surface area contributed by atoms with Crippen LogP contribution < -0.4 is 15.1 Å². The third kappa shape index (κ3) is 3.50. The first-order valence-electron chi connectivity index (χ1n) is 8.62. The third-order valence-corrected chi connectivity index (χ3v) is 6.13. The molecule has 0 saturated carbocycles. The molecule has 0 spiro atoms. The second-order valence-corrected chi connectivity index (χ2v) is 8.11. The first kappa shape index (κ1) is 19.2.